The standard InChI is InChI=1S/C25H29ClN2O4S/c1-25(2,19-14-17(16-27)24(23(26)15-19)32-21-8-9-21)18-4-6-20(7-5-18)31-22-10-12-28(13-11-22)33(3,29)30/h4-7,14-15,21-22H,8-13H2,1-3H3. The van der Waals surface area contributed by atoms with Gasteiger partial charge in [-0.3, -0.25) is 0 Å². The van der Waals surface area contributed by atoms with Crippen LogP contribution in [0.3, 0.4) is 0 Å². The summed E-state index contributed by atoms with van der Waals surface area (Å²) in [6, 6.07) is 13.9. The highest BCUT2D eigenvalue weighted by atomic mass is 35.5. The average Bonchev–Trinajstić information content (AvgIpc) is 3.59. The molecular weight excluding hydrogens is 460 g/mol. The molecule has 33 heavy (non-hydrogen) atoms. The van der Waals surface area contributed by atoms with E-state index in [0.29, 0.717) is 42.3 Å². The Hall–Kier alpha value is -2.27. The number of halogens is 1. The van der Waals surface area contributed by atoms with Crippen LogP contribution >= 0.6 is 11.6 Å². The molecule has 1 saturated heterocycles. The Labute approximate surface area is 201 Å². The highest BCUT2D eigenvalue weighted by Gasteiger charge is 2.30. The number of sulfonamides is 1. The molecule has 0 bridgehead atoms. The second-order valence-corrected chi connectivity index (χ2v) is 11.8. The summed E-state index contributed by atoms with van der Waals surface area (Å²) in [6.07, 6.45) is 4.75. The van der Waals surface area contributed by atoms with Crippen LogP contribution in [0, 0.1) is 11.3 Å². The maximum Gasteiger partial charge on any atom is 0.211 e. The topological polar surface area (TPSA) is 79.6 Å². The molecule has 0 N–H and O–H groups in total. The predicted molar refractivity (Wildman–Crippen MR) is 128 cm³/mol. The molecule has 2 fully saturated rings. The summed E-state index contributed by atoms with van der Waals surface area (Å²) in [4.78, 5) is 0. The van der Waals surface area contributed by atoms with Gasteiger partial charge in [0, 0.05) is 18.5 Å². The Morgan fingerprint density at radius 2 is 1.61 bits per heavy atom. The minimum absolute atomic E-state index is 0.00198. The maximum absolute atomic E-state index is 11.7. The lowest BCUT2D eigenvalue weighted by molar-refractivity contribution is 0.135. The monoisotopic (exact) mass is 488 g/mol. The summed E-state index contributed by atoms with van der Waals surface area (Å²) >= 11 is 6.51. The number of hydrogen-bond acceptors (Lipinski definition) is 5. The molecule has 0 radical (unpaired) electrons. The molecule has 0 unspecified atom stereocenters. The van der Waals surface area contributed by atoms with Crippen LogP contribution in [0.2, 0.25) is 5.02 Å². The quantitative estimate of drug-likeness (QED) is 0.554. The second-order valence-electron chi connectivity index (χ2n) is 9.39. The van der Waals surface area contributed by atoms with E-state index in [1.807, 2.05) is 36.4 Å². The van der Waals surface area contributed by atoms with Crippen LogP contribution in [0.5, 0.6) is 11.5 Å². The smallest absolute Gasteiger partial charge is 0.211 e. The fourth-order valence-corrected chi connectivity index (χ4v) is 5.24. The van der Waals surface area contributed by atoms with Crippen molar-refractivity contribution in [1.82, 2.24) is 4.31 Å². The van der Waals surface area contributed by atoms with E-state index in [2.05, 4.69) is 19.9 Å². The van der Waals surface area contributed by atoms with Crippen molar-refractivity contribution < 1.29 is 17.9 Å². The summed E-state index contributed by atoms with van der Waals surface area (Å²) in [7, 11) is -3.14. The Kier molecular flexibility index (Phi) is 6.63. The highest BCUT2D eigenvalue weighted by molar-refractivity contribution is 7.88. The van der Waals surface area contributed by atoms with E-state index in [1.165, 1.54) is 10.6 Å². The molecule has 176 valence electrons. The van der Waals surface area contributed by atoms with Gasteiger partial charge in [0.05, 0.1) is 22.9 Å². The third kappa shape index (κ3) is 5.46. The van der Waals surface area contributed by atoms with Crippen molar-refractivity contribution in [2.24, 2.45) is 0 Å². The van der Waals surface area contributed by atoms with E-state index < -0.39 is 10.0 Å². The van der Waals surface area contributed by atoms with Crippen LogP contribution in [0.15, 0.2) is 36.4 Å². The van der Waals surface area contributed by atoms with Gasteiger partial charge >= 0.3 is 0 Å². The van der Waals surface area contributed by atoms with Gasteiger partial charge in [-0.2, -0.15) is 5.26 Å². The number of hydrogen-bond donors (Lipinski definition) is 0. The van der Waals surface area contributed by atoms with Crippen molar-refractivity contribution in [3.63, 3.8) is 0 Å². The van der Waals surface area contributed by atoms with Crippen LogP contribution < -0.4 is 9.47 Å². The lowest BCUT2D eigenvalue weighted by atomic mass is 9.77. The van der Waals surface area contributed by atoms with Gasteiger partial charge in [-0.15, -0.1) is 0 Å². The van der Waals surface area contributed by atoms with Crippen molar-refractivity contribution >= 4 is 21.6 Å². The largest absolute Gasteiger partial charge is 0.490 e. The third-order valence-corrected chi connectivity index (χ3v) is 8.03. The summed E-state index contributed by atoms with van der Waals surface area (Å²) < 4.78 is 36.8. The SMILES string of the molecule is CC(C)(c1ccc(OC2CCN(S(C)(=O)=O)CC2)cc1)c1cc(Cl)c(OC2CC2)c(C#N)c1. The Morgan fingerprint density at radius 1 is 1.00 bits per heavy atom. The molecule has 8 heteroatoms. The molecule has 6 nitrogen and oxygen atoms in total. The number of piperidine rings is 1. The summed E-state index contributed by atoms with van der Waals surface area (Å²) in [5.41, 5.74) is 2.08. The van der Waals surface area contributed by atoms with Gasteiger partial charge in [-0.25, -0.2) is 12.7 Å². The van der Waals surface area contributed by atoms with Gasteiger partial charge in [0.1, 0.15) is 17.9 Å². The lowest BCUT2D eigenvalue weighted by Crippen LogP contribution is -2.41. The van der Waals surface area contributed by atoms with Crippen LogP contribution in [0.4, 0.5) is 0 Å². The number of nitriles is 1. The number of benzene rings is 2. The first kappa shape index (κ1) is 23.9. The molecule has 1 heterocycles. The van der Waals surface area contributed by atoms with E-state index in [9.17, 15) is 13.7 Å². The van der Waals surface area contributed by atoms with Crippen molar-refractivity contribution in [2.45, 2.75) is 57.2 Å². The van der Waals surface area contributed by atoms with Gasteiger partial charge in [0.2, 0.25) is 10.0 Å². The molecule has 1 aliphatic carbocycles. The van der Waals surface area contributed by atoms with Crippen LogP contribution in [0.1, 0.15) is 56.2 Å². The van der Waals surface area contributed by atoms with Gasteiger partial charge in [0.15, 0.2) is 5.75 Å². The normalized spacial score (nSPS) is 18.0. The fourth-order valence-electron chi connectivity index (χ4n) is 4.10. The molecule has 0 aromatic heterocycles. The lowest BCUT2D eigenvalue weighted by Gasteiger charge is -2.31. The van der Waals surface area contributed by atoms with Gasteiger partial charge < -0.3 is 9.47 Å². The second kappa shape index (κ2) is 9.17. The minimum Gasteiger partial charge on any atom is -0.490 e. The number of nitrogens with zero attached hydrogens (tertiary/aromatic N) is 2. The fraction of sp³-hybridized carbons (Fsp3) is 0.480. The maximum atomic E-state index is 11.7. The van der Waals surface area contributed by atoms with Crippen molar-refractivity contribution in [2.75, 3.05) is 19.3 Å². The summed E-state index contributed by atoms with van der Waals surface area (Å²) in [5, 5.41) is 10.1. The van der Waals surface area contributed by atoms with Crippen molar-refractivity contribution in [1.29, 1.82) is 5.26 Å². The minimum atomic E-state index is -3.14. The first-order valence-corrected chi connectivity index (χ1v) is 13.4. The van der Waals surface area contributed by atoms with E-state index in [1.54, 1.807) is 0 Å². The molecule has 0 amide bonds. The average molecular weight is 489 g/mol. The van der Waals surface area contributed by atoms with Crippen molar-refractivity contribution in [3.8, 4) is 17.6 Å². The number of rotatable bonds is 7. The summed E-state index contributed by atoms with van der Waals surface area (Å²) in [5.74, 6) is 1.24. The summed E-state index contributed by atoms with van der Waals surface area (Å²) in [6.45, 7) is 5.16. The van der Waals surface area contributed by atoms with E-state index in [-0.39, 0.29) is 17.6 Å². The van der Waals surface area contributed by atoms with Crippen LogP contribution in [-0.4, -0.2) is 44.3 Å². The molecule has 4 rings (SSSR count). The predicted octanol–water partition coefficient (Wildman–Crippen LogP) is 4.88. The van der Waals surface area contributed by atoms with Crippen LogP contribution in [0.25, 0.3) is 0 Å². The molecular formula is C25H29ClN2O4S. The molecule has 0 spiro atoms. The molecule has 2 aliphatic rings. The number of ether oxygens (including phenoxy) is 2. The zero-order valence-electron chi connectivity index (χ0n) is 19.2. The molecule has 2 aromatic rings. The molecule has 0 atom stereocenters. The Balaban J connectivity index is 1.47. The Morgan fingerprint density at radius 3 is 2.15 bits per heavy atom. The highest BCUT2D eigenvalue weighted by Crippen LogP contribution is 2.40. The van der Waals surface area contributed by atoms with Crippen molar-refractivity contribution in [3.05, 3.63) is 58.1 Å². The van der Waals surface area contributed by atoms with Gasteiger partial charge in [-0.05, 0) is 61.1 Å². The van der Waals surface area contributed by atoms with E-state index in [4.69, 9.17) is 21.1 Å². The van der Waals surface area contributed by atoms with E-state index in [0.717, 1.165) is 29.7 Å². The first-order valence-electron chi connectivity index (χ1n) is 11.2. The first-order chi connectivity index (χ1) is 15.6. The van der Waals surface area contributed by atoms with E-state index >= 15 is 0 Å². The molecule has 2 aromatic carbocycles. The van der Waals surface area contributed by atoms with Gasteiger partial charge in [0.25, 0.3) is 0 Å². The zero-order valence-corrected chi connectivity index (χ0v) is 20.7. The zero-order chi connectivity index (χ0) is 23.8. The third-order valence-electron chi connectivity index (χ3n) is 6.44. The molecule has 1 aliphatic heterocycles. The van der Waals surface area contributed by atoms with Crippen LogP contribution in [-0.2, 0) is 15.4 Å². The molecule has 1 saturated carbocycles. The van der Waals surface area contributed by atoms with Gasteiger partial charge in [-0.1, -0.05) is 37.6 Å². The Bertz CT molecular complexity index is 1160.